The van der Waals surface area contributed by atoms with Crippen LogP contribution < -0.4 is 4.90 Å². The Morgan fingerprint density at radius 1 is 1.41 bits per heavy atom. The molecule has 0 unspecified atom stereocenters. The van der Waals surface area contributed by atoms with Crippen LogP contribution >= 0.6 is 0 Å². The summed E-state index contributed by atoms with van der Waals surface area (Å²) >= 11 is 0. The molecule has 0 atom stereocenters. The number of carbonyl (C=O) groups excluding carboxylic acids is 1. The SMILES string of the molecule is COC(=O)c1cncc(N2CCC(C)CC2)n1. The molecule has 17 heavy (non-hydrogen) atoms. The van der Waals surface area contributed by atoms with E-state index in [0.29, 0.717) is 0 Å². The largest absolute Gasteiger partial charge is 0.464 e. The van der Waals surface area contributed by atoms with E-state index >= 15 is 0 Å². The number of ether oxygens (including phenoxy) is 1. The molecule has 0 aromatic carbocycles. The van der Waals surface area contributed by atoms with Crippen molar-refractivity contribution in [2.24, 2.45) is 5.92 Å². The zero-order valence-corrected chi connectivity index (χ0v) is 10.2. The molecule has 5 nitrogen and oxygen atoms in total. The van der Waals surface area contributed by atoms with Gasteiger partial charge in [-0.3, -0.25) is 4.98 Å². The van der Waals surface area contributed by atoms with E-state index in [2.05, 4.69) is 26.5 Å². The molecule has 0 aliphatic carbocycles. The molecule has 0 spiro atoms. The van der Waals surface area contributed by atoms with Crippen LogP contribution in [0.2, 0.25) is 0 Å². The molecule has 2 heterocycles. The first-order valence-electron chi connectivity index (χ1n) is 5.86. The van der Waals surface area contributed by atoms with Crippen molar-refractivity contribution in [3.05, 3.63) is 18.1 Å². The summed E-state index contributed by atoms with van der Waals surface area (Å²) in [4.78, 5) is 21.8. The van der Waals surface area contributed by atoms with Gasteiger partial charge < -0.3 is 9.64 Å². The standard InChI is InChI=1S/C12H17N3O2/c1-9-3-5-15(6-4-9)11-8-13-7-10(14-11)12(16)17-2/h7-9H,3-6H2,1-2H3. The van der Waals surface area contributed by atoms with E-state index in [1.54, 1.807) is 6.20 Å². The average molecular weight is 235 g/mol. The second-order valence-electron chi connectivity index (χ2n) is 4.42. The van der Waals surface area contributed by atoms with Gasteiger partial charge >= 0.3 is 5.97 Å². The van der Waals surface area contributed by atoms with Gasteiger partial charge in [-0.1, -0.05) is 6.92 Å². The van der Waals surface area contributed by atoms with Gasteiger partial charge in [0, 0.05) is 13.1 Å². The van der Waals surface area contributed by atoms with Crippen molar-refractivity contribution in [1.29, 1.82) is 0 Å². The normalized spacial score (nSPS) is 16.9. The van der Waals surface area contributed by atoms with Crippen molar-refractivity contribution in [3.63, 3.8) is 0 Å². The van der Waals surface area contributed by atoms with Gasteiger partial charge in [0.05, 0.1) is 19.5 Å². The summed E-state index contributed by atoms with van der Waals surface area (Å²) < 4.78 is 4.64. The third-order valence-corrected chi connectivity index (χ3v) is 3.12. The third-order valence-electron chi connectivity index (χ3n) is 3.12. The quantitative estimate of drug-likeness (QED) is 0.727. The Kier molecular flexibility index (Phi) is 3.56. The zero-order valence-electron chi connectivity index (χ0n) is 10.2. The fourth-order valence-electron chi connectivity index (χ4n) is 1.95. The van der Waals surface area contributed by atoms with Crippen LogP contribution in [0.15, 0.2) is 12.4 Å². The van der Waals surface area contributed by atoms with E-state index in [4.69, 9.17) is 0 Å². The third kappa shape index (κ3) is 2.72. The fraction of sp³-hybridized carbons (Fsp3) is 0.583. The lowest BCUT2D eigenvalue weighted by atomic mass is 9.99. The summed E-state index contributed by atoms with van der Waals surface area (Å²) in [6, 6.07) is 0. The Balaban J connectivity index is 2.13. The Morgan fingerprint density at radius 2 is 2.12 bits per heavy atom. The van der Waals surface area contributed by atoms with E-state index in [1.165, 1.54) is 13.3 Å². The lowest BCUT2D eigenvalue weighted by Crippen LogP contribution is -2.33. The number of anilines is 1. The maximum absolute atomic E-state index is 11.4. The summed E-state index contributed by atoms with van der Waals surface area (Å²) in [5.41, 5.74) is 0.267. The highest BCUT2D eigenvalue weighted by Crippen LogP contribution is 2.20. The van der Waals surface area contributed by atoms with Gasteiger partial charge in [0.1, 0.15) is 5.82 Å². The summed E-state index contributed by atoms with van der Waals surface area (Å²) in [5, 5.41) is 0. The summed E-state index contributed by atoms with van der Waals surface area (Å²) in [7, 11) is 1.35. The van der Waals surface area contributed by atoms with Crippen molar-refractivity contribution in [2.45, 2.75) is 19.8 Å². The number of methoxy groups -OCH3 is 1. The molecule has 0 amide bonds. The second kappa shape index (κ2) is 5.12. The van der Waals surface area contributed by atoms with Gasteiger partial charge in [-0.2, -0.15) is 0 Å². The number of carbonyl (C=O) groups is 1. The average Bonchev–Trinajstić information content (AvgIpc) is 2.39. The van der Waals surface area contributed by atoms with Crippen molar-refractivity contribution < 1.29 is 9.53 Å². The van der Waals surface area contributed by atoms with Gasteiger partial charge in [0.15, 0.2) is 5.69 Å². The number of esters is 1. The molecule has 92 valence electrons. The van der Waals surface area contributed by atoms with Gasteiger partial charge in [0.2, 0.25) is 0 Å². The molecule has 0 bridgehead atoms. The van der Waals surface area contributed by atoms with E-state index in [-0.39, 0.29) is 5.69 Å². The molecular weight excluding hydrogens is 218 g/mol. The van der Waals surface area contributed by atoms with Crippen LogP contribution in [0.25, 0.3) is 0 Å². The highest BCUT2D eigenvalue weighted by Gasteiger charge is 2.18. The number of rotatable bonds is 2. The summed E-state index contributed by atoms with van der Waals surface area (Å²) in [6.07, 6.45) is 5.44. The van der Waals surface area contributed by atoms with E-state index in [9.17, 15) is 4.79 Å². The molecule has 0 radical (unpaired) electrons. The van der Waals surface area contributed by atoms with Crippen LogP contribution in [0.5, 0.6) is 0 Å². The van der Waals surface area contributed by atoms with E-state index < -0.39 is 5.97 Å². The minimum atomic E-state index is -0.440. The minimum Gasteiger partial charge on any atom is -0.464 e. The van der Waals surface area contributed by atoms with Crippen molar-refractivity contribution in [2.75, 3.05) is 25.1 Å². The molecule has 1 saturated heterocycles. The Morgan fingerprint density at radius 3 is 2.76 bits per heavy atom. The molecule has 1 aliphatic heterocycles. The minimum absolute atomic E-state index is 0.267. The Labute approximate surface area is 101 Å². The first kappa shape index (κ1) is 11.8. The molecule has 0 N–H and O–H groups in total. The number of hydrogen-bond acceptors (Lipinski definition) is 5. The molecule has 1 aliphatic rings. The molecular formula is C12H17N3O2. The number of nitrogens with zero attached hydrogens (tertiary/aromatic N) is 3. The van der Waals surface area contributed by atoms with E-state index in [0.717, 1.165) is 37.7 Å². The first-order valence-corrected chi connectivity index (χ1v) is 5.86. The van der Waals surface area contributed by atoms with Crippen molar-refractivity contribution >= 4 is 11.8 Å². The van der Waals surface area contributed by atoms with Crippen molar-refractivity contribution in [3.8, 4) is 0 Å². The Bertz CT molecular complexity index is 400. The monoisotopic (exact) mass is 235 g/mol. The van der Waals surface area contributed by atoms with Crippen molar-refractivity contribution in [1.82, 2.24) is 9.97 Å². The highest BCUT2D eigenvalue weighted by molar-refractivity contribution is 5.87. The van der Waals surface area contributed by atoms with Crippen LogP contribution in [-0.2, 0) is 4.74 Å². The topological polar surface area (TPSA) is 55.3 Å². The number of aromatic nitrogens is 2. The maximum Gasteiger partial charge on any atom is 0.358 e. The lowest BCUT2D eigenvalue weighted by Gasteiger charge is -2.30. The summed E-state index contributed by atoms with van der Waals surface area (Å²) in [6.45, 7) is 4.20. The molecule has 1 aromatic heterocycles. The number of hydrogen-bond donors (Lipinski definition) is 0. The van der Waals surface area contributed by atoms with Crippen LogP contribution in [0.1, 0.15) is 30.3 Å². The molecule has 2 rings (SSSR count). The predicted octanol–water partition coefficient (Wildman–Crippen LogP) is 1.50. The predicted molar refractivity (Wildman–Crippen MR) is 64.0 cm³/mol. The fourth-order valence-corrected chi connectivity index (χ4v) is 1.95. The van der Waals surface area contributed by atoms with E-state index in [1.807, 2.05) is 0 Å². The second-order valence-corrected chi connectivity index (χ2v) is 4.42. The molecule has 0 saturated carbocycles. The van der Waals surface area contributed by atoms with Crippen LogP contribution in [0.3, 0.4) is 0 Å². The molecule has 1 fully saturated rings. The first-order chi connectivity index (χ1) is 8.20. The number of piperidine rings is 1. The van der Waals surface area contributed by atoms with Gasteiger partial charge in [-0.15, -0.1) is 0 Å². The maximum atomic E-state index is 11.4. The smallest absolute Gasteiger partial charge is 0.358 e. The van der Waals surface area contributed by atoms with Gasteiger partial charge in [-0.05, 0) is 18.8 Å². The zero-order chi connectivity index (χ0) is 12.3. The molecule has 1 aromatic rings. The van der Waals surface area contributed by atoms with Gasteiger partial charge in [0.25, 0.3) is 0 Å². The van der Waals surface area contributed by atoms with Crippen LogP contribution in [0.4, 0.5) is 5.82 Å². The summed E-state index contributed by atoms with van der Waals surface area (Å²) in [5.74, 6) is 1.09. The molecule has 5 heteroatoms. The highest BCUT2D eigenvalue weighted by atomic mass is 16.5. The Hall–Kier alpha value is -1.65. The lowest BCUT2D eigenvalue weighted by molar-refractivity contribution is 0.0593. The van der Waals surface area contributed by atoms with Crippen LogP contribution in [-0.4, -0.2) is 36.1 Å². The van der Waals surface area contributed by atoms with Crippen LogP contribution in [0, 0.1) is 5.92 Å². The van der Waals surface area contributed by atoms with Gasteiger partial charge in [-0.25, -0.2) is 9.78 Å².